The molecule has 0 N–H and O–H groups in total. The molecule has 6 heteroatoms. The van der Waals surface area contributed by atoms with Gasteiger partial charge >= 0.3 is 0 Å². The second-order valence-corrected chi connectivity index (χ2v) is 7.16. The lowest BCUT2D eigenvalue weighted by molar-refractivity contribution is 0.0406. The molecule has 0 aromatic heterocycles. The Bertz CT molecular complexity index is 602. The Morgan fingerprint density at radius 2 is 2.27 bits per heavy atom. The van der Waals surface area contributed by atoms with Gasteiger partial charge in [-0.25, -0.2) is 0 Å². The summed E-state index contributed by atoms with van der Waals surface area (Å²) in [4.78, 5) is 14.8. The Kier molecular flexibility index (Phi) is 4.67. The number of carbonyl (C=O) groups excluding carboxylic acids is 1. The van der Waals surface area contributed by atoms with Crippen LogP contribution in [-0.4, -0.2) is 42.7 Å². The van der Waals surface area contributed by atoms with E-state index in [1.807, 2.05) is 18.7 Å². The molecule has 2 heterocycles. The number of carbonyl (C=O) groups is 1. The highest BCUT2D eigenvalue weighted by atomic mass is 79.9. The minimum Gasteiger partial charge on any atom is -0.489 e. The van der Waals surface area contributed by atoms with E-state index in [1.165, 1.54) is 0 Å². The third-order valence-corrected chi connectivity index (χ3v) is 5.60. The fourth-order valence-corrected chi connectivity index (χ4v) is 3.71. The molecule has 2 aliphatic rings. The first-order chi connectivity index (χ1) is 10.5. The first-order valence-corrected chi connectivity index (χ1v) is 8.70. The van der Waals surface area contributed by atoms with Crippen LogP contribution in [0.1, 0.15) is 35.7 Å². The van der Waals surface area contributed by atoms with Gasteiger partial charge in [0.2, 0.25) is 0 Å². The van der Waals surface area contributed by atoms with Crippen molar-refractivity contribution in [1.82, 2.24) is 4.90 Å². The van der Waals surface area contributed by atoms with E-state index in [4.69, 9.17) is 21.1 Å². The van der Waals surface area contributed by atoms with Crippen LogP contribution in [0, 0.1) is 6.92 Å². The van der Waals surface area contributed by atoms with Crippen molar-refractivity contribution in [2.24, 2.45) is 0 Å². The number of ether oxygens (including phenoxy) is 2. The fraction of sp³-hybridized carbons (Fsp3) is 0.562. The molecule has 4 nitrogen and oxygen atoms in total. The summed E-state index contributed by atoms with van der Waals surface area (Å²) in [7, 11) is 0. The van der Waals surface area contributed by atoms with Gasteiger partial charge in [0.25, 0.3) is 5.91 Å². The summed E-state index contributed by atoms with van der Waals surface area (Å²) in [6, 6.07) is 1.79. The quantitative estimate of drug-likeness (QED) is 0.773. The molecule has 1 saturated heterocycles. The first-order valence-electron chi connectivity index (χ1n) is 7.53. The van der Waals surface area contributed by atoms with Crippen molar-refractivity contribution < 1.29 is 14.3 Å². The molecule has 0 spiro atoms. The van der Waals surface area contributed by atoms with E-state index in [9.17, 15) is 4.79 Å². The highest BCUT2D eigenvalue weighted by molar-refractivity contribution is 9.10. The Balaban J connectivity index is 1.95. The van der Waals surface area contributed by atoms with Crippen molar-refractivity contribution in [2.75, 3.05) is 19.8 Å². The summed E-state index contributed by atoms with van der Waals surface area (Å²) in [5.41, 5.74) is 1.40. The molecule has 22 heavy (non-hydrogen) atoms. The van der Waals surface area contributed by atoms with Gasteiger partial charge in [-0.2, -0.15) is 0 Å². The lowest BCUT2D eigenvalue weighted by Gasteiger charge is -2.28. The van der Waals surface area contributed by atoms with Crippen LogP contribution in [0.2, 0.25) is 5.02 Å². The number of hydrogen-bond acceptors (Lipinski definition) is 3. The minimum atomic E-state index is -0.0434. The Morgan fingerprint density at radius 3 is 2.95 bits per heavy atom. The smallest absolute Gasteiger partial charge is 0.258 e. The second kappa shape index (κ2) is 6.38. The lowest BCUT2D eigenvalue weighted by atomic mass is 10.1. The van der Waals surface area contributed by atoms with E-state index >= 15 is 0 Å². The molecule has 1 aromatic carbocycles. The third kappa shape index (κ3) is 2.86. The van der Waals surface area contributed by atoms with Gasteiger partial charge in [-0.15, -0.1) is 0 Å². The van der Waals surface area contributed by atoms with Gasteiger partial charge in [-0.1, -0.05) is 27.5 Å². The van der Waals surface area contributed by atoms with Gasteiger partial charge in [-0.05, 0) is 38.3 Å². The van der Waals surface area contributed by atoms with E-state index in [1.54, 1.807) is 6.07 Å². The average Bonchev–Trinajstić information content (AvgIpc) is 2.97. The van der Waals surface area contributed by atoms with E-state index in [-0.39, 0.29) is 18.1 Å². The van der Waals surface area contributed by atoms with Crippen LogP contribution in [0.25, 0.3) is 0 Å². The van der Waals surface area contributed by atoms with Gasteiger partial charge in [-0.3, -0.25) is 4.79 Å². The summed E-state index contributed by atoms with van der Waals surface area (Å²) in [6.07, 6.45) is 2.19. The summed E-state index contributed by atoms with van der Waals surface area (Å²) >= 11 is 9.84. The van der Waals surface area contributed by atoms with Crippen molar-refractivity contribution in [3.05, 3.63) is 26.7 Å². The molecule has 2 atom stereocenters. The molecule has 0 radical (unpaired) electrons. The van der Waals surface area contributed by atoms with Crippen LogP contribution in [0.4, 0.5) is 0 Å². The molecule has 1 unspecified atom stereocenters. The lowest BCUT2D eigenvalue weighted by Crippen LogP contribution is -2.44. The Hall–Kier alpha value is -0.780. The van der Waals surface area contributed by atoms with Crippen LogP contribution >= 0.6 is 27.5 Å². The van der Waals surface area contributed by atoms with Crippen LogP contribution < -0.4 is 4.74 Å². The number of amides is 1. The number of nitrogens with zero attached hydrogens (tertiary/aromatic N) is 1. The van der Waals surface area contributed by atoms with Crippen LogP contribution in [0.5, 0.6) is 5.75 Å². The topological polar surface area (TPSA) is 38.8 Å². The Labute approximate surface area is 143 Å². The van der Waals surface area contributed by atoms with Crippen molar-refractivity contribution in [1.29, 1.82) is 0 Å². The van der Waals surface area contributed by atoms with Crippen molar-refractivity contribution >= 4 is 33.4 Å². The monoisotopic (exact) mass is 387 g/mol. The highest BCUT2D eigenvalue weighted by Gasteiger charge is 2.33. The average molecular weight is 389 g/mol. The van der Waals surface area contributed by atoms with Gasteiger partial charge in [0.15, 0.2) is 5.75 Å². The van der Waals surface area contributed by atoms with E-state index in [0.29, 0.717) is 29.5 Å². The normalized spacial score (nSPS) is 24.9. The molecule has 1 fully saturated rings. The second-order valence-electron chi connectivity index (χ2n) is 5.93. The molecular weight excluding hydrogens is 370 g/mol. The predicted octanol–water partition coefficient (Wildman–Crippen LogP) is 3.81. The number of fused-ring (bicyclic) bond motifs is 1. The van der Waals surface area contributed by atoms with E-state index in [0.717, 1.165) is 29.5 Å². The number of halogens is 2. The maximum atomic E-state index is 13.0. The summed E-state index contributed by atoms with van der Waals surface area (Å²) in [5, 5.41) is 0.504. The maximum Gasteiger partial charge on any atom is 0.258 e. The summed E-state index contributed by atoms with van der Waals surface area (Å²) in [5.74, 6) is 0.451. The summed E-state index contributed by atoms with van der Waals surface area (Å²) < 4.78 is 12.3. The van der Waals surface area contributed by atoms with Gasteiger partial charge in [0.05, 0.1) is 22.7 Å². The number of benzene rings is 1. The SMILES string of the molecule is Cc1c(Br)cc2c(c1Cl)OC[C@@H](C)N(CC1CCCO1)C2=O. The zero-order valence-electron chi connectivity index (χ0n) is 12.7. The Morgan fingerprint density at radius 1 is 1.50 bits per heavy atom. The minimum absolute atomic E-state index is 0.0146. The maximum absolute atomic E-state index is 13.0. The largest absolute Gasteiger partial charge is 0.489 e. The van der Waals surface area contributed by atoms with Crippen LogP contribution in [0.15, 0.2) is 10.5 Å². The zero-order chi connectivity index (χ0) is 15.9. The first kappa shape index (κ1) is 16.1. The molecule has 0 saturated carbocycles. The third-order valence-electron chi connectivity index (χ3n) is 4.32. The van der Waals surface area contributed by atoms with Gasteiger partial charge in [0, 0.05) is 17.6 Å². The number of rotatable bonds is 2. The van der Waals surface area contributed by atoms with Crippen molar-refractivity contribution in [2.45, 2.75) is 38.8 Å². The van der Waals surface area contributed by atoms with E-state index < -0.39 is 0 Å². The molecule has 0 bridgehead atoms. The fourth-order valence-electron chi connectivity index (χ4n) is 2.91. The van der Waals surface area contributed by atoms with Crippen molar-refractivity contribution in [3.8, 4) is 5.75 Å². The standard InChI is InChI=1S/C16H19BrClNO3/c1-9-8-22-15-12(6-13(17)10(2)14(15)18)16(20)19(9)7-11-4-3-5-21-11/h6,9,11H,3-5,7-8H2,1-2H3/t9-,11?/m1/s1. The molecule has 2 aliphatic heterocycles. The van der Waals surface area contributed by atoms with Gasteiger partial charge in [0.1, 0.15) is 6.61 Å². The molecule has 3 rings (SSSR count). The van der Waals surface area contributed by atoms with Crippen LogP contribution in [-0.2, 0) is 4.74 Å². The molecular formula is C16H19BrClNO3. The molecule has 0 aliphatic carbocycles. The zero-order valence-corrected chi connectivity index (χ0v) is 15.0. The van der Waals surface area contributed by atoms with Crippen LogP contribution in [0.3, 0.4) is 0 Å². The molecule has 1 aromatic rings. The summed E-state index contributed by atoms with van der Waals surface area (Å²) in [6.45, 7) is 5.72. The highest BCUT2D eigenvalue weighted by Crippen LogP contribution is 2.39. The molecule has 120 valence electrons. The molecule has 1 amide bonds. The number of hydrogen-bond donors (Lipinski definition) is 0. The van der Waals surface area contributed by atoms with E-state index in [2.05, 4.69) is 15.9 Å². The van der Waals surface area contributed by atoms with Crippen molar-refractivity contribution in [3.63, 3.8) is 0 Å². The predicted molar refractivity (Wildman–Crippen MR) is 88.9 cm³/mol. The van der Waals surface area contributed by atoms with Gasteiger partial charge < -0.3 is 14.4 Å².